The summed E-state index contributed by atoms with van der Waals surface area (Å²) in [6.45, 7) is 0. The fourth-order valence-corrected chi connectivity index (χ4v) is 4.24. The minimum atomic E-state index is 1.08. The molecule has 0 aliphatic carbocycles. The van der Waals surface area contributed by atoms with Gasteiger partial charge >= 0.3 is 0 Å². The van der Waals surface area contributed by atoms with Crippen molar-refractivity contribution in [2.24, 2.45) is 0 Å². The van der Waals surface area contributed by atoms with Gasteiger partial charge in [0.05, 0.1) is 12.6 Å². The lowest BCUT2D eigenvalue weighted by Gasteiger charge is -1.89. The zero-order chi connectivity index (χ0) is 8.39. The van der Waals surface area contributed by atoms with Gasteiger partial charge in [-0.05, 0) is 23.6 Å². The largest absolute Gasteiger partial charge is 0.137 e. The van der Waals surface area contributed by atoms with E-state index in [4.69, 9.17) is 0 Å². The fourth-order valence-electron chi connectivity index (χ4n) is 0.786. The van der Waals surface area contributed by atoms with E-state index in [2.05, 4.69) is 36.2 Å². The third kappa shape index (κ3) is 2.07. The number of rotatable bonds is 2. The Morgan fingerprint density at radius 1 is 1.17 bits per heavy atom. The van der Waals surface area contributed by atoms with E-state index < -0.39 is 0 Å². The molecule has 0 unspecified atom stereocenters. The van der Waals surface area contributed by atoms with Crippen molar-refractivity contribution in [3.8, 4) is 0 Å². The SMILES string of the molecule is Sc1ccc(Sc2cccs2)s1. The second kappa shape index (κ2) is 3.87. The van der Waals surface area contributed by atoms with Crippen LogP contribution in [-0.2, 0) is 0 Å². The first kappa shape index (κ1) is 8.69. The lowest BCUT2D eigenvalue weighted by atomic mass is 10.7. The van der Waals surface area contributed by atoms with Gasteiger partial charge < -0.3 is 0 Å². The Labute approximate surface area is 89.0 Å². The minimum Gasteiger partial charge on any atom is -0.137 e. The Bertz CT molecular complexity index is 347. The maximum absolute atomic E-state index is 4.27. The molecule has 12 heavy (non-hydrogen) atoms. The number of hydrogen-bond donors (Lipinski definition) is 1. The lowest BCUT2D eigenvalue weighted by molar-refractivity contribution is 1.65. The fraction of sp³-hybridized carbons (Fsp3) is 0. The third-order valence-electron chi connectivity index (χ3n) is 1.26. The van der Waals surface area contributed by atoms with E-state index in [-0.39, 0.29) is 0 Å². The molecule has 0 aliphatic heterocycles. The molecule has 4 heteroatoms. The molecule has 0 spiro atoms. The summed E-state index contributed by atoms with van der Waals surface area (Å²) in [6.07, 6.45) is 0. The van der Waals surface area contributed by atoms with Gasteiger partial charge in [0, 0.05) is 0 Å². The molecule has 2 aromatic rings. The second-order valence-electron chi connectivity index (χ2n) is 2.13. The quantitative estimate of drug-likeness (QED) is 0.753. The van der Waals surface area contributed by atoms with Crippen LogP contribution in [0.3, 0.4) is 0 Å². The molecule has 2 rings (SSSR count). The van der Waals surface area contributed by atoms with Gasteiger partial charge in [-0.25, -0.2) is 0 Å². The topological polar surface area (TPSA) is 0 Å². The number of hydrogen-bond acceptors (Lipinski definition) is 4. The van der Waals surface area contributed by atoms with Crippen LogP contribution in [0.2, 0.25) is 0 Å². The van der Waals surface area contributed by atoms with E-state index in [1.807, 2.05) is 6.07 Å². The van der Waals surface area contributed by atoms with Crippen LogP contribution < -0.4 is 0 Å². The molecule has 0 bridgehead atoms. The normalized spacial score (nSPS) is 10.4. The molecular formula is C8H6S4. The van der Waals surface area contributed by atoms with Crippen molar-refractivity contribution in [3.05, 3.63) is 29.6 Å². The molecule has 2 aromatic heterocycles. The first-order chi connectivity index (χ1) is 5.84. The van der Waals surface area contributed by atoms with Crippen LogP contribution >= 0.6 is 47.1 Å². The maximum Gasteiger partial charge on any atom is 0.0666 e. The zero-order valence-corrected chi connectivity index (χ0v) is 9.40. The van der Waals surface area contributed by atoms with E-state index >= 15 is 0 Å². The van der Waals surface area contributed by atoms with Crippen molar-refractivity contribution >= 4 is 47.1 Å². The molecular weight excluding hydrogens is 224 g/mol. The van der Waals surface area contributed by atoms with Crippen molar-refractivity contribution in [2.75, 3.05) is 0 Å². The lowest BCUT2D eigenvalue weighted by Crippen LogP contribution is -1.54. The summed E-state index contributed by atoms with van der Waals surface area (Å²) in [7, 11) is 0. The highest BCUT2D eigenvalue weighted by Gasteiger charge is 1.99. The van der Waals surface area contributed by atoms with Crippen LogP contribution in [0.1, 0.15) is 0 Å². The van der Waals surface area contributed by atoms with E-state index in [0.717, 1.165) is 4.21 Å². The second-order valence-corrected chi connectivity index (χ2v) is 6.54. The van der Waals surface area contributed by atoms with Crippen LogP contribution in [-0.4, -0.2) is 0 Å². The van der Waals surface area contributed by atoms with E-state index in [0.29, 0.717) is 0 Å². The summed E-state index contributed by atoms with van der Waals surface area (Å²) >= 11 is 9.56. The minimum absolute atomic E-state index is 1.08. The van der Waals surface area contributed by atoms with Crippen molar-refractivity contribution < 1.29 is 0 Å². The third-order valence-corrected chi connectivity index (χ3v) is 4.74. The smallest absolute Gasteiger partial charge is 0.0666 e. The highest BCUT2D eigenvalue weighted by atomic mass is 32.2. The van der Waals surface area contributed by atoms with Gasteiger partial charge in [-0.3, -0.25) is 0 Å². The van der Waals surface area contributed by atoms with Crippen LogP contribution in [0.25, 0.3) is 0 Å². The molecule has 0 atom stereocenters. The van der Waals surface area contributed by atoms with E-state index in [1.54, 1.807) is 34.4 Å². The van der Waals surface area contributed by atoms with Gasteiger partial charge in [0.1, 0.15) is 0 Å². The molecule has 0 N–H and O–H groups in total. The van der Waals surface area contributed by atoms with Crippen LogP contribution in [0.15, 0.2) is 42.3 Å². The van der Waals surface area contributed by atoms with E-state index in [1.165, 1.54) is 8.42 Å². The summed E-state index contributed by atoms with van der Waals surface area (Å²) in [6, 6.07) is 8.34. The molecule has 0 aromatic carbocycles. The molecule has 0 aliphatic rings. The van der Waals surface area contributed by atoms with Gasteiger partial charge in [-0.1, -0.05) is 17.8 Å². The average molecular weight is 230 g/mol. The maximum atomic E-state index is 4.27. The first-order valence-corrected chi connectivity index (χ1v) is 6.31. The first-order valence-electron chi connectivity index (χ1n) is 3.35. The average Bonchev–Trinajstić information content (AvgIpc) is 2.63. The number of thiol groups is 1. The molecule has 0 nitrogen and oxygen atoms in total. The van der Waals surface area contributed by atoms with Gasteiger partial charge in [0.15, 0.2) is 0 Å². The summed E-state index contributed by atoms with van der Waals surface area (Å²) in [4.78, 5) is 0. The van der Waals surface area contributed by atoms with Gasteiger partial charge in [-0.2, -0.15) is 0 Å². The van der Waals surface area contributed by atoms with Crippen molar-refractivity contribution in [1.82, 2.24) is 0 Å². The summed E-state index contributed by atoms with van der Waals surface area (Å²) in [5.74, 6) is 0. The molecule has 2 heterocycles. The summed E-state index contributed by atoms with van der Waals surface area (Å²) in [5.41, 5.74) is 0. The standard InChI is InChI=1S/C8H6S4/c9-6-3-4-8(11-6)12-7-2-1-5-10-7/h1-5,9H. The van der Waals surface area contributed by atoms with Crippen LogP contribution in [0.5, 0.6) is 0 Å². The van der Waals surface area contributed by atoms with E-state index in [9.17, 15) is 0 Å². The molecule has 62 valence electrons. The van der Waals surface area contributed by atoms with Crippen molar-refractivity contribution in [1.29, 1.82) is 0 Å². The molecule has 0 radical (unpaired) electrons. The zero-order valence-electron chi connectivity index (χ0n) is 6.06. The molecule has 0 fully saturated rings. The Morgan fingerprint density at radius 2 is 2.08 bits per heavy atom. The summed E-state index contributed by atoms with van der Waals surface area (Å²) in [5, 5.41) is 2.09. The van der Waals surface area contributed by atoms with Gasteiger partial charge in [0.25, 0.3) is 0 Å². The van der Waals surface area contributed by atoms with Crippen LogP contribution in [0, 0.1) is 0 Å². The highest BCUT2D eigenvalue weighted by molar-refractivity contribution is 8.03. The molecule has 0 saturated carbocycles. The predicted molar refractivity (Wildman–Crippen MR) is 60.0 cm³/mol. The van der Waals surface area contributed by atoms with Gasteiger partial charge in [0.2, 0.25) is 0 Å². The number of thiophene rings is 2. The highest BCUT2D eigenvalue weighted by Crippen LogP contribution is 2.36. The molecule has 0 amide bonds. The Morgan fingerprint density at radius 3 is 2.67 bits per heavy atom. The monoisotopic (exact) mass is 230 g/mol. The Hall–Kier alpha value is 0.1000. The van der Waals surface area contributed by atoms with Crippen molar-refractivity contribution in [2.45, 2.75) is 12.6 Å². The molecule has 0 saturated heterocycles. The Balaban J connectivity index is 2.14. The predicted octanol–water partition coefficient (Wildman–Crippen LogP) is 4.25. The summed E-state index contributed by atoms with van der Waals surface area (Å²) < 4.78 is 3.72. The van der Waals surface area contributed by atoms with Gasteiger partial charge in [-0.15, -0.1) is 35.3 Å². The Kier molecular flexibility index (Phi) is 2.80. The van der Waals surface area contributed by atoms with Crippen molar-refractivity contribution in [3.63, 3.8) is 0 Å². The van der Waals surface area contributed by atoms with Crippen LogP contribution in [0.4, 0.5) is 0 Å².